The van der Waals surface area contributed by atoms with Gasteiger partial charge in [0.1, 0.15) is 17.7 Å². The highest BCUT2D eigenvalue weighted by atomic mass is 32.1. The predicted molar refractivity (Wildman–Crippen MR) is 98.3 cm³/mol. The fourth-order valence-corrected chi connectivity index (χ4v) is 3.48. The summed E-state index contributed by atoms with van der Waals surface area (Å²) < 4.78 is 2.79. The van der Waals surface area contributed by atoms with E-state index >= 15 is 0 Å². The molecule has 4 aromatic rings. The Morgan fingerprint density at radius 3 is 2.92 bits per heavy atom. The number of para-hydroxylation sites is 1. The lowest BCUT2D eigenvalue weighted by atomic mass is 10.2. The molecule has 0 atom stereocenters. The van der Waals surface area contributed by atoms with Crippen LogP contribution < -0.4 is 5.32 Å². The van der Waals surface area contributed by atoms with Gasteiger partial charge in [-0.05, 0) is 24.3 Å². The van der Waals surface area contributed by atoms with Crippen molar-refractivity contribution in [3.63, 3.8) is 0 Å². The number of amides is 1. The topological polar surface area (TPSA) is 72.7 Å². The van der Waals surface area contributed by atoms with Gasteiger partial charge in [0, 0.05) is 17.7 Å². The number of nitrogens with zero attached hydrogens (tertiary/aromatic N) is 4. The third-order valence-corrected chi connectivity index (χ3v) is 4.81. The molecule has 4 rings (SSSR count). The summed E-state index contributed by atoms with van der Waals surface area (Å²) in [5.74, 6) is -0.0584. The van der Waals surface area contributed by atoms with Crippen LogP contribution in [0.2, 0.25) is 0 Å². The number of rotatable bonds is 5. The SMILES string of the molecule is O=C(CCn1cncn1)Nc1cccc(-c2nc3ccccc3s2)c1. The smallest absolute Gasteiger partial charge is 0.226 e. The second kappa shape index (κ2) is 6.82. The van der Waals surface area contributed by atoms with Crippen LogP contribution >= 0.6 is 11.3 Å². The Kier molecular flexibility index (Phi) is 4.22. The minimum Gasteiger partial charge on any atom is -0.326 e. The maximum atomic E-state index is 12.1. The highest BCUT2D eigenvalue weighted by Crippen LogP contribution is 2.31. The first-order valence-electron chi connectivity index (χ1n) is 7.86. The summed E-state index contributed by atoms with van der Waals surface area (Å²) in [5, 5.41) is 7.86. The third-order valence-electron chi connectivity index (χ3n) is 3.72. The summed E-state index contributed by atoms with van der Waals surface area (Å²) in [6.45, 7) is 0.503. The second-order valence-corrected chi connectivity index (χ2v) is 6.55. The van der Waals surface area contributed by atoms with Crippen molar-refractivity contribution in [1.82, 2.24) is 19.7 Å². The van der Waals surface area contributed by atoms with Gasteiger partial charge in [0.2, 0.25) is 5.91 Å². The van der Waals surface area contributed by atoms with Crippen molar-refractivity contribution < 1.29 is 4.79 Å². The lowest BCUT2D eigenvalue weighted by Crippen LogP contribution is -2.14. The number of carbonyl (C=O) groups is 1. The first-order valence-corrected chi connectivity index (χ1v) is 8.68. The van der Waals surface area contributed by atoms with Crippen molar-refractivity contribution in [1.29, 1.82) is 0 Å². The number of aryl methyl sites for hydroxylation is 1. The summed E-state index contributed by atoms with van der Waals surface area (Å²) in [6, 6.07) is 15.8. The predicted octanol–water partition coefficient (Wildman–Crippen LogP) is 3.58. The maximum absolute atomic E-state index is 12.1. The molecule has 0 aliphatic carbocycles. The largest absolute Gasteiger partial charge is 0.326 e. The van der Waals surface area contributed by atoms with Crippen LogP contribution in [0, 0.1) is 0 Å². The fraction of sp³-hybridized carbons (Fsp3) is 0.111. The molecular formula is C18H15N5OS. The number of fused-ring (bicyclic) bond motifs is 1. The molecule has 0 saturated heterocycles. The number of anilines is 1. The van der Waals surface area contributed by atoms with E-state index < -0.39 is 0 Å². The van der Waals surface area contributed by atoms with Crippen LogP contribution in [0.25, 0.3) is 20.8 Å². The van der Waals surface area contributed by atoms with Crippen molar-refractivity contribution >= 4 is 33.1 Å². The standard InChI is InChI=1S/C18H15N5OS/c24-17(8-9-23-12-19-11-20-23)21-14-5-3-4-13(10-14)18-22-15-6-1-2-7-16(15)25-18/h1-7,10-12H,8-9H2,(H,21,24). The quantitative estimate of drug-likeness (QED) is 0.598. The van der Waals surface area contributed by atoms with E-state index in [1.807, 2.05) is 42.5 Å². The molecule has 0 spiro atoms. The zero-order valence-corrected chi connectivity index (χ0v) is 14.1. The number of aromatic nitrogens is 4. The van der Waals surface area contributed by atoms with Gasteiger partial charge in [-0.25, -0.2) is 9.97 Å². The van der Waals surface area contributed by atoms with Gasteiger partial charge in [-0.1, -0.05) is 24.3 Å². The zero-order valence-electron chi connectivity index (χ0n) is 13.3. The molecule has 124 valence electrons. The first-order chi connectivity index (χ1) is 12.3. The number of thiazole rings is 1. The fourth-order valence-electron chi connectivity index (χ4n) is 2.51. The summed E-state index contributed by atoms with van der Waals surface area (Å²) in [6.07, 6.45) is 3.40. The second-order valence-electron chi connectivity index (χ2n) is 5.52. The highest BCUT2D eigenvalue weighted by molar-refractivity contribution is 7.21. The average Bonchev–Trinajstić information content (AvgIpc) is 3.29. The minimum absolute atomic E-state index is 0.0584. The molecule has 0 fully saturated rings. The summed E-state index contributed by atoms with van der Waals surface area (Å²) in [7, 11) is 0. The van der Waals surface area contributed by atoms with Gasteiger partial charge in [0.05, 0.1) is 16.8 Å². The van der Waals surface area contributed by atoms with Crippen LogP contribution in [-0.4, -0.2) is 25.7 Å². The zero-order chi connectivity index (χ0) is 17.1. The van der Waals surface area contributed by atoms with Crippen molar-refractivity contribution in [2.45, 2.75) is 13.0 Å². The molecule has 1 amide bonds. The number of benzene rings is 2. The molecule has 0 saturated carbocycles. The Hall–Kier alpha value is -3.06. The Morgan fingerprint density at radius 2 is 2.08 bits per heavy atom. The molecule has 6 nitrogen and oxygen atoms in total. The van der Waals surface area contributed by atoms with Gasteiger partial charge < -0.3 is 5.32 Å². The van der Waals surface area contributed by atoms with E-state index in [2.05, 4.69) is 26.4 Å². The molecular weight excluding hydrogens is 334 g/mol. The average molecular weight is 349 g/mol. The normalized spacial score (nSPS) is 10.9. The molecule has 0 bridgehead atoms. The van der Waals surface area contributed by atoms with Gasteiger partial charge in [0.15, 0.2) is 0 Å². The molecule has 0 radical (unpaired) electrons. The van der Waals surface area contributed by atoms with E-state index in [1.165, 1.54) is 6.33 Å². The van der Waals surface area contributed by atoms with E-state index in [1.54, 1.807) is 22.3 Å². The molecule has 25 heavy (non-hydrogen) atoms. The Bertz CT molecular complexity index is 976. The van der Waals surface area contributed by atoms with Gasteiger partial charge in [-0.15, -0.1) is 11.3 Å². The summed E-state index contributed by atoms with van der Waals surface area (Å²) >= 11 is 1.64. The maximum Gasteiger partial charge on any atom is 0.226 e. The lowest BCUT2D eigenvalue weighted by molar-refractivity contribution is -0.116. The van der Waals surface area contributed by atoms with Crippen LogP contribution in [0.3, 0.4) is 0 Å². The van der Waals surface area contributed by atoms with Crippen molar-refractivity contribution in [3.05, 3.63) is 61.2 Å². The number of hydrogen-bond donors (Lipinski definition) is 1. The van der Waals surface area contributed by atoms with Crippen molar-refractivity contribution in [2.75, 3.05) is 5.32 Å². The number of nitrogens with one attached hydrogen (secondary N) is 1. The molecule has 2 heterocycles. The highest BCUT2D eigenvalue weighted by Gasteiger charge is 2.08. The number of hydrogen-bond acceptors (Lipinski definition) is 5. The van der Waals surface area contributed by atoms with Gasteiger partial charge >= 0.3 is 0 Å². The van der Waals surface area contributed by atoms with E-state index in [9.17, 15) is 4.79 Å². The van der Waals surface area contributed by atoms with Crippen LogP contribution in [-0.2, 0) is 11.3 Å². The van der Waals surface area contributed by atoms with Crippen LogP contribution in [0.15, 0.2) is 61.2 Å². The molecule has 2 aromatic heterocycles. The van der Waals surface area contributed by atoms with Gasteiger partial charge in [0.25, 0.3) is 0 Å². The lowest BCUT2D eigenvalue weighted by Gasteiger charge is -2.06. The van der Waals surface area contributed by atoms with E-state index in [0.29, 0.717) is 13.0 Å². The summed E-state index contributed by atoms with van der Waals surface area (Å²) in [5.41, 5.74) is 2.75. The summed E-state index contributed by atoms with van der Waals surface area (Å²) in [4.78, 5) is 20.6. The molecule has 7 heteroatoms. The molecule has 0 aliphatic heterocycles. The van der Waals surface area contributed by atoms with E-state index in [-0.39, 0.29) is 5.91 Å². The Balaban J connectivity index is 1.48. The van der Waals surface area contributed by atoms with E-state index in [4.69, 9.17) is 0 Å². The Morgan fingerprint density at radius 1 is 1.16 bits per heavy atom. The van der Waals surface area contributed by atoms with Crippen LogP contribution in [0.5, 0.6) is 0 Å². The minimum atomic E-state index is -0.0584. The van der Waals surface area contributed by atoms with Crippen LogP contribution in [0.1, 0.15) is 6.42 Å². The first kappa shape index (κ1) is 15.5. The van der Waals surface area contributed by atoms with Crippen molar-refractivity contribution in [3.8, 4) is 10.6 Å². The molecule has 2 aromatic carbocycles. The molecule has 1 N–H and O–H groups in total. The van der Waals surface area contributed by atoms with Gasteiger partial charge in [-0.2, -0.15) is 5.10 Å². The third kappa shape index (κ3) is 3.56. The van der Waals surface area contributed by atoms with Crippen molar-refractivity contribution in [2.24, 2.45) is 0 Å². The van der Waals surface area contributed by atoms with E-state index in [0.717, 1.165) is 26.5 Å². The molecule has 0 unspecified atom stereocenters. The van der Waals surface area contributed by atoms with Crippen LogP contribution in [0.4, 0.5) is 5.69 Å². The number of carbonyl (C=O) groups excluding carboxylic acids is 1. The monoisotopic (exact) mass is 349 g/mol. The van der Waals surface area contributed by atoms with Gasteiger partial charge in [-0.3, -0.25) is 9.48 Å². The molecule has 0 aliphatic rings. The Labute approximate surface area is 148 Å².